The standard InChI is InChI=1S/C68H132O17P2/c1-9-60(7)46-38-30-21-17-15-13-11-12-14-16-18-22-34-42-50-67(72)84-63(54-78-65(70)48-40-32-26-24-29-37-45-59(5)6)56-82-86(74,75)80-52-62(69)53-81-87(76,77)83-57-64(85-68(73)51-43-35-23-19-20-28-36-44-58(3)4)55-79-66(71)49-41-33-27-25-31-39-47-61(8)10-2/h58-64,69H,9-57H2,1-8H3,(H,74,75)(H,76,77)/t60?,61?,62-,63+,64+/m0/s1. The van der Waals surface area contributed by atoms with Crippen molar-refractivity contribution in [3.63, 3.8) is 0 Å². The van der Waals surface area contributed by atoms with Gasteiger partial charge in [0.15, 0.2) is 12.2 Å². The molecule has 17 nitrogen and oxygen atoms in total. The van der Waals surface area contributed by atoms with Gasteiger partial charge < -0.3 is 33.8 Å². The van der Waals surface area contributed by atoms with Crippen LogP contribution in [-0.4, -0.2) is 96.7 Å². The Bertz CT molecular complexity index is 1730. The number of phosphoric ester groups is 2. The van der Waals surface area contributed by atoms with Gasteiger partial charge in [-0.05, 0) is 49.4 Å². The van der Waals surface area contributed by atoms with Crippen LogP contribution in [0.4, 0.5) is 0 Å². The molecule has 0 saturated heterocycles. The summed E-state index contributed by atoms with van der Waals surface area (Å²) >= 11 is 0. The molecule has 19 heteroatoms. The molecule has 0 aliphatic carbocycles. The van der Waals surface area contributed by atoms with Crippen molar-refractivity contribution in [2.45, 2.75) is 350 Å². The SMILES string of the molecule is CCC(C)CCCCCCCCCCCCCCCCC(=O)O[C@H](COC(=O)CCCCCCCCC(C)C)COP(=O)(O)OC[C@H](O)COP(=O)(O)OC[C@@H](COC(=O)CCCCCCCCC(C)CC)OC(=O)CCCCCCCCCC(C)C. The third-order valence-electron chi connectivity index (χ3n) is 16.3. The molecule has 0 aromatic heterocycles. The quantitative estimate of drug-likeness (QED) is 0.0222. The number of esters is 4. The molecule has 0 heterocycles. The molecule has 0 fully saturated rings. The minimum atomic E-state index is -4.95. The van der Waals surface area contributed by atoms with Crippen molar-refractivity contribution in [3.8, 4) is 0 Å². The van der Waals surface area contributed by atoms with Crippen LogP contribution >= 0.6 is 15.6 Å². The number of hydrogen-bond acceptors (Lipinski definition) is 15. The lowest BCUT2D eigenvalue weighted by molar-refractivity contribution is -0.161. The molecule has 4 unspecified atom stereocenters. The van der Waals surface area contributed by atoms with Crippen LogP contribution in [0.25, 0.3) is 0 Å². The minimum Gasteiger partial charge on any atom is -0.462 e. The first kappa shape index (κ1) is 85.1. The van der Waals surface area contributed by atoms with Gasteiger partial charge in [-0.1, -0.05) is 280 Å². The number of phosphoric acid groups is 2. The van der Waals surface area contributed by atoms with E-state index in [0.717, 1.165) is 115 Å². The van der Waals surface area contributed by atoms with Crippen LogP contribution in [0.2, 0.25) is 0 Å². The number of hydrogen-bond donors (Lipinski definition) is 3. The fraction of sp³-hybridized carbons (Fsp3) is 0.941. The van der Waals surface area contributed by atoms with Crippen LogP contribution in [0.15, 0.2) is 0 Å². The van der Waals surface area contributed by atoms with Gasteiger partial charge in [0.25, 0.3) is 0 Å². The Kier molecular flexibility index (Phi) is 56.6. The smallest absolute Gasteiger partial charge is 0.462 e. The molecule has 3 N–H and O–H groups in total. The molecule has 0 radical (unpaired) electrons. The Morgan fingerprint density at radius 1 is 0.322 bits per heavy atom. The van der Waals surface area contributed by atoms with E-state index >= 15 is 0 Å². The average molecular weight is 1280 g/mol. The number of aliphatic hydroxyl groups excluding tert-OH is 1. The lowest BCUT2D eigenvalue weighted by Crippen LogP contribution is -2.30. The fourth-order valence-corrected chi connectivity index (χ4v) is 11.7. The Balaban J connectivity index is 5.20. The molecule has 0 aromatic rings. The summed E-state index contributed by atoms with van der Waals surface area (Å²) in [7, 11) is -9.90. The summed E-state index contributed by atoms with van der Waals surface area (Å²) < 4.78 is 68.1. The van der Waals surface area contributed by atoms with E-state index in [1.165, 1.54) is 122 Å². The topological polar surface area (TPSA) is 237 Å². The highest BCUT2D eigenvalue weighted by Gasteiger charge is 2.30. The monoisotopic (exact) mass is 1280 g/mol. The number of rotatable bonds is 65. The first-order valence-electron chi connectivity index (χ1n) is 35.3. The molecular weight excluding hydrogens is 1150 g/mol. The van der Waals surface area contributed by atoms with Crippen LogP contribution in [0.5, 0.6) is 0 Å². The van der Waals surface area contributed by atoms with Crippen molar-refractivity contribution >= 4 is 39.5 Å². The zero-order valence-electron chi connectivity index (χ0n) is 56.6. The predicted molar refractivity (Wildman–Crippen MR) is 349 cm³/mol. The molecule has 0 spiro atoms. The third-order valence-corrected chi connectivity index (χ3v) is 18.2. The summed E-state index contributed by atoms with van der Waals surface area (Å²) in [6.07, 6.45) is 39.2. The largest absolute Gasteiger partial charge is 0.472 e. The molecular formula is C68H132O17P2. The number of carbonyl (C=O) groups is 4. The molecule has 0 aliphatic heterocycles. The Morgan fingerprint density at radius 2 is 0.552 bits per heavy atom. The highest BCUT2D eigenvalue weighted by Crippen LogP contribution is 2.45. The normalized spacial score (nSPS) is 15.0. The molecule has 0 amide bonds. The second kappa shape index (κ2) is 57.9. The average Bonchev–Trinajstić information content (AvgIpc) is 3.59. The van der Waals surface area contributed by atoms with Crippen LogP contribution in [0.3, 0.4) is 0 Å². The van der Waals surface area contributed by atoms with Gasteiger partial charge in [0, 0.05) is 25.7 Å². The van der Waals surface area contributed by atoms with Gasteiger partial charge in [-0.3, -0.25) is 37.3 Å². The van der Waals surface area contributed by atoms with Gasteiger partial charge in [0.05, 0.1) is 26.4 Å². The molecule has 0 aliphatic rings. The van der Waals surface area contributed by atoms with E-state index < -0.39 is 97.5 Å². The maximum absolute atomic E-state index is 13.0. The first-order chi connectivity index (χ1) is 41.7. The summed E-state index contributed by atoms with van der Waals surface area (Å²) in [5.74, 6) is 0.814. The summed E-state index contributed by atoms with van der Waals surface area (Å²) in [6, 6.07) is 0. The van der Waals surface area contributed by atoms with Crippen LogP contribution < -0.4 is 0 Å². The van der Waals surface area contributed by atoms with Crippen LogP contribution in [-0.2, 0) is 65.4 Å². The second-order valence-electron chi connectivity index (χ2n) is 26.0. The summed E-state index contributed by atoms with van der Waals surface area (Å²) in [6.45, 7) is 14.0. The zero-order chi connectivity index (χ0) is 64.7. The van der Waals surface area contributed by atoms with E-state index in [1.807, 2.05) is 0 Å². The van der Waals surface area contributed by atoms with Gasteiger partial charge in [-0.2, -0.15) is 0 Å². The third kappa shape index (κ3) is 60.1. The van der Waals surface area contributed by atoms with E-state index in [0.29, 0.717) is 37.5 Å². The van der Waals surface area contributed by atoms with Gasteiger partial charge in [-0.15, -0.1) is 0 Å². The first-order valence-corrected chi connectivity index (χ1v) is 38.3. The summed E-state index contributed by atoms with van der Waals surface area (Å²) in [5.41, 5.74) is 0. The van der Waals surface area contributed by atoms with Crippen LogP contribution in [0.1, 0.15) is 331 Å². The Labute approximate surface area is 530 Å². The Hall–Kier alpha value is -1.94. The minimum absolute atomic E-state index is 0.102. The van der Waals surface area contributed by atoms with E-state index in [4.69, 9.17) is 37.0 Å². The van der Waals surface area contributed by atoms with Crippen molar-refractivity contribution in [1.82, 2.24) is 0 Å². The number of carbonyl (C=O) groups excluding carboxylic acids is 4. The predicted octanol–water partition coefficient (Wildman–Crippen LogP) is 18.9. The van der Waals surface area contributed by atoms with E-state index in [-0.39, 0.29) is 25.7 Å². The molecule has 0 saturated carbocycles. The zero-order valence-corrected chi connectivity index (χ0v) is 58.4. The van der Waals surface area contributed by atoms with Crippen molar-refractivity contribution in [3.05, 3.63) is 0 Å². The van der Waals surface area contributed by atoms with Crippen molar-refractivity contribution < 1.29 is 80.2 Å². The van der Waals surface area contributed by atoms with Gasteiger partial charge >= 0.3 is 39.5 Å². The summed E-state index contributed by atoms with van der Waals surface area (Å²) in [5, 5.41) is 10.6. The molecule has 0 aromatic carbocycles. The fourth-order valence-electron chi connectivity index (χ4n) is 10.1. The van der Waals surface area contributed by atoms with Crippen molar-refractivity contribution in [2.75, 3.05) is 39.6 Å². The lowest BCUT2D eigenvalue weighted by Gasteiger charge is -2.21. The number of aliphatic hydroxyl groups is 1. The molecule has 516 valence electrons. The number of unbranched alkanes of at least 4 members (excludes halogenated alkanes) is 29. The second-order valence-corrected chi connectivity index (χ2v) is 28.9. The maximum atomic E-state index is 13.0. The molecule has 87 heavy (non-hydrogen) atoms. The Morgan fingerprint density at radius 3 is 0.816 bits per heavy atom. The number of ether oxygens (including phenoxy) is 4. The lowest BCUT2D eigenvalue weighted by atomic mass is 9.99. The van der Waals surface area contributed by atoms with Gasteiger partial charge in [-0.25, -0.2) is 9.13 Å². The van der Waals surface area contributed by atoms with Gasteiger partial charge in [0.1, 0.15) is 19.3 Å². The molecule has 7 atom stereocenters. The highest BCUT2D eigenvalue weighted by atomic mass is 31.2. The maximum Gasteiger partial charge on any atom is 0.472 e. The van der Waals surface area contributed by atoms with Gasteiger partial charge in [0.2, 0.25) is 0 Å². The molecule has 0 rings (SSSR count). The van der Waals surface area contributed by atoms with E-state index in [2.05, 4.69) is 55.4 Å². The van der Waals surface area contributed by atoms with Crippen LogP contribution in [0, 0.1) is 23.7 Å². The van der Waals surface area contributed by atoms with Crippen molar-refractivity contribution in [2.24, 2.45) is 23.7 Å². The van der Waals surface area contributed by atoms with Crippen molar-refractivity contribution in [1.29, 1.82) is 0 Å². The highest BCUT2D eigenvalue weighted by molar-refractivity contribution is 7.47. The molecule has 0 bridgehead atoms. The summed E-state index contributed by atoms with van der Waals surface area (Å²) in [4.78, 5) is 72.3. The van der Waals surface area contributed by atoms with E-state index in [1.54, 1.807) is 0 Å². The van der Waals surface area contributed by atoms with E-state index in [9.17, 15) is 43.2 Å².